The van der Waals surface area contributed by atoms with E-state index < -0.39 is 0 Å². The number of rotatable bonds is 4. The van der Waals surface area contributed by atoms with Crippen LogP contribution < -0.4 is 0 Å². The maximum absolute atomic E-state index is 10.6. The molecule has 0 rings (SSSR count). The number of hydrogen-bond acceptors (Lipinski definition) is 1. The summed E-state index contributed by atoms with van der Waals surface area (Å²) in [5.41, 5.74) is 0.433. The van der Waals surface area contributed by atoms with Gasteiger partial charge in [-0.2, -0.15) is 0 Å². The topological polar surface area (TPSA) is 17.1 Å². The van der Waals surface area contributed by atoms with Gasteiger partial charge in [-0.3, -0.25) is 0 Å². The summed E-state index contributed by atoms with van der Waals surface area (Å²) in [5, 5.41) is 0. The first-order chi connectivity index (χ1) is 3.81. The summed E-state index contributed by atoms with van der Waals surface area (Å²) >= 11 is 0.796. The fourth-order valence-corrected chi connectivity index (χ4v) is 2.81. The van der Waals surface area contributed by atoms with E-state index in [4.69, 9.17) is 0 Å². The van der Waals surface area contributed by atoms with E-state index in [1.165, 1.54) is 0 Å². The zero-order valence-electron chi connectivity index (χ0n) is 5.44. The van der Waals surface area contributed by atoms with Crippen molar-refractivity contribution in [3.8, 4) is 0 Å². The summed E-state index contributed by atoms with van der Waals surface area (Å²) in [6, 6.07) is 0. The molecule has 0 aromatic carbocycles. The summed E-state index contributed by atoms with van der Waals surface area (Å²) in [6.45, 7) is 2.12. The van der Waals surface area contributed by atoms with E-state index in [-0.39, 0.29) is 0 Å². The first-order valence-electron chi connectivity index (χ1n) is 2.88. The zero-order valence-corrected chi connectivity index (χ0v) is 10.3. The summed E-state index contributed by atoms with van der Waals surface area (Å²) in [6.07, 6.45) is 3.13. The monoisotopic (exact) mass is 204 g/mol. The zero-order chi connectivity index (χ0) is 6.41. The maximum atomic E-state index is 10.6. The van der Waals surface area contributed by atoms with Crippen molar-refractivity contribution in [3.05, 3.63) is 0 Å². The van der Waals surface area contributed by atoms with E-state index in [1.54, 1.807) is 0 Å². The van der Waals surface area contributed by atoms with Gasteiger partial charge < -0.3 is 0 Å². The van der Waals surface area contributed by atoms with Crippen LogP contribution in [0.15, 0.2) is 0 Å². The van der Waals surface area contributed by atoms with Crippen molar-refractivity contribution in [3.63, 3.8) is 0 Å². The van der Waals surface area contributed by atoms with Crippen molar-refractivity contribution in [2.24, 2.45) is 0 Å². The van der Waals surface area contributed by atoms with Gasteiger partial charge in [0.05, 0.1) is 0 Å². The van der Waals surface area contributed by atoms with Crippen LogP contribution in [0.1, 0.15) is 26.2 Å². The Morgan fingerprint density at radius 3 is 2.75 bits per heavy atom. The Labute approximate surface area is 84.8 Å². The summed E-state index contributed by atoms with van der Waals surface area (Å²) < 4.78 is 0.541. The first kappa shape index (κ1) is 9.83. The van der Waals surface area contributed by atoms with Gasteiger partial charge >= 0.3 is 86.6 Å². The summed E-state index contributed by atoms with van der Waals surface area (Å²) in [5.74, 6) is 0. The molecular weight excluding hydrogens is 194 g/mol. The van der Waals surface area contributed by atoms with Crippen LogP contribution in [0, 0.1) is 0 Å². The van der Waals surface area contributed by atoms with E-state index in [0.29, 0.717) is 10.3 Å². The Morgan fingerprint density at radius 2 is 2.38 bits per heavy atom. The molecule has 0 bridgehead atoms. The van der Waals surface area contributed by atoms with Gasteiger partial charge in [0.25, 0.3) is 0 Å². The van der Waals surface area contributed by atoms with Crippen LogP contribution in [-0.4, -0.2) is 55.7 Å². The van der Waals surface area contributed by atoms with Crippen LogP contribution >= 0.6 is 0 Å². The molecule has 0 aliphatic heterocycles. The van der Waals surface area contributed by atoms with Crippen molar-refractivity contribution in [2.45, 2.75) is 26.2 Å². The standard InChI is InChI=1S/C5H10OSe.K/c1-2-3-4-5(6)7;/h2-4H2,1H3,(H,6,7);/q;+1/p-1. The quantitative estimate of drug-likeness (QED) is 0.608. The Hall–Kier alpha value is 1.83. The predicted molar refractivity (Wildman–Crippen MR) is 36.0 cm³/mol. The van der Waals surface area contributed by atoms with Crippen molar-refractivity contribution >= 4 is 55.7 Å². The Kier molecular flexibility index (Phi) is 8.52. The van der Waals surface area contributed by atoms with Crippen LogP contribution in [0.25, 0.3) is 0 Å². The first-order valence-corrected chi connectivity index (χ1v) is 12.1. The summed E-state index contributed by atoms with van der Waals surface area (Å²) in [7, 11) is 0. The van der Waals surface area contributed by atoms with Gasteiger partial charge in [0.15, 0.2) is 0 Å². The molecule has 0 spiro atoms. The van der Waals surface area contributed by atoms with Crippen LogP contribution in [-0.2, 0) is 4.79 Å². The van der Waals surface area contributed by atoms with E-state index >= 15 is 0 Å². The van der Waals surface area contributed by atoms with Crippen LogP contribution in [0.2, 0.25) is 0 Å². The third kappa shape index (κ3) is 5.95. The van der Waals surface area contributed by atoms with Crippen LogP contribution in [0.3, 0.4) is 0 Å². The van der Waals surface area contributed by atoms with E-state index in [2.05, 4.69) is 6.92 Å². The van der Waals surface area contributed by atoms with Gasteiger partial charge in [0.2, 0.25) is 0 Å². The molecule has 0 aliphatic rings. The van der Waals surface area contributed by atoms with E-state index in [0.717, 1.165) is 64.6 Å². The third-order valence-corrected chi connectivity index (χ3v) is 6.04. The second kappa shape index (κ2) is 6.94. The molecule has 8 heavy (non-hydrogen) atoms. The number of carbonyl (C=O) groups is 1. The third-order valence-electron chi connectivity index (χ3n) is 0.962. The molecule has 3 heteroatoms. The average Bonchev–Trinajstić information content (AvgIpc) is 1.83. The van der Waals surface area contributed by atoms with Crippen LogP contribution in [0.4, 0.5) is 0 Å². The van der Waals surface area contributed by atoms with Crippen molar-refractivity contribution in [2.75, 3.05) is 0 Å². The number of carbonyl (C=O) groups excluding carboxylic acids is 1. The van der Waals surface area contributed by atoms with Gasteiger partial charge in [-0.25, -0.2) is 0 Å². The van der Waals surface area contributed by atoms with Gasteiger partial charge in [0.1, 0.15) is 0 Å². The van der Waals surface area contributed by atoms with E-state index in [9.17, 15) is 4.79 Å². The molecule has 0 aliphatic carbocycles. The molecule has 1 nitrogen and oxygen atoms in total. The molecule has 0 N–H and O–H groups in total. The molecule has 0 aromatic rings. The normalized spacial score (nSPS) is 9.38. The average molecular weight is 203 g/mol. The van der Waals surface area contributed by atoms with Crippen molar-refractivity contribution in [1.82, 2.24) is 0 Å². The molecule has 0 unspecified atom stereocenters. The molecule has 42 valence electrons. The van der Waals surface area contributed by atoms with Crippen molar-refractivity contribution < 1.29 is 4.79 Å². The molecule has 0 heterocycles. The minimum absolute atomic E-state index is 0.433. The van der Waals surface area contributed by atoms with Crippen molar-refractivity contribution in [1.29, 1.82) is 0 Å². The van der Waals surface area contributed by atoms with Gasteiger partial charge in [-0.15, -0.1) is 0 Å². The molecule has 0 atom stereocenters. The molecule has 0 saturated heterocycles. The number of hydrogen-bond donors (Lipinski definition) is 0. The Bertz CT molecular complexity index is 74.8. The molecule has 0 saturated carbocycles. The number of unbranched alkanes of at least 4 members (excludes halogenated alkanes) is 1. The fourth-order valence-electron chi connectivity index (χ4n) is 0.423. The molecular formula is C5H9KOSe. The minimum atomic E-state index is 0.433. The van der Waals surface area contributed by atoms with E-state index in [1.807, 2.05) is 0 Å². The van der Waals surface area contributed by atoms with Gasteiger partial charge in [0, 0.05) is 0 Å². The molecule has 0 aromatic heterocycles. The molecule has 0 fully saturated rings. The fraction of sp³-hybridized carbons (Fsp3) is 0.800. The second-order valence-corrected chi connectivity index (χ2v) is 6.80. The summed E-state index contributed by atoms with van der Waals surface area (Å²) in [4.78, 5) is 10.6. The van der Waals surface area contributed by atoms with Gasteiger partial charge in [-0.1, -0.05) is 0 Å². The van der Waals surface area contributed by atoms with Crippen LogP contribution in [0.5, 0.6) is 0 Å². The Balaban J connectivity index is 2.99. The Morgan fingerprint density at radius 1 is 1.75 bits per heavy atom. The second-order valence-electron chi connectivity index (χ2n) is 1.68. The van der Waals surface area contributed by atoms with Gasteiger partial charge in [-0.05, 0) is 0 Å². The molecule has 0 amide bonds. The SMILES string of the molecule is CCCCC(=O)[Se][K]. The predicted octanol–water partition coefficient (Wildman–Crippen LogP) is 0.491. The molecule has 0 radical (unpaired) electrons.